The summed E-state index contributed by atoms with van der Waals surface area (Å²) in [5, 5.41) is 15.0. The molecule has 2 bridgehead atoms. The van der Waals surface area contributed by atoms with Crippen LogP contribution in [0.2, 0.25) is 0 Å². The van der Waals surface area contributed by atoms with Gasteiger partial charge in [-0.25, -0.2) is 4.79 Å². The lowest BCUT2D eigenvalue weighted by atomic mass is 9.82. The minimum atomic E-state index is -1.88. The average Bonchev–Trinajstić information content (AvgIpc) is 2.90. The minimum absolute atomic E-state index is 0.118. The topological polar surface area (TPSA) is 75.6 Å². The molecule has 0 aromatic heterocycles. The van der Waals surface area contributed by atoms with E-state index in [9.17, 15) is 14.7 Å². The van der Waals surface area contributed by atoms with Gasteiger partial charge in [-0.1, -0.05) is 79.9 Å². The zero-order valence-corrected chi connectivity index (χ0v) is 20.4. The number of fused-ring (bicyclic) bond motifs is 3. The van der Waals surface area contributed by atoms with Gasteiger partial charge >= 0.3 is 5.97 Å². The molecule has 4 fully saturated rings. The van der Waals surface area contributed by atoms with Crippen LogP contribution in [0.3, 0.4) is 0 Å². The predicted molar refractivity (Wildman–Crippen MR) is 133 cm³/mol. The molecule has 3 aliphatic heterocycles. The summed E-state index contributed by atoms with van der Waals surface area (Å²) >= 11 is 0. The molecule has 1 atom stereocenters. The van der Waals surface area contributed by atoms with Gasteiger partial charge in [0, 0.05) is 24.8 Å². The molecule has 3 saturated heterocycles. The first kappa shape index (κ1) is 24.0. The molecule has 3 heterocycles. The first-order valence-corrected chi connectivity index (χ1v) is 13.2. The van der Waals surface area contributed by atoms with Crippen molar-refractivity contribution in [2.75, 3.05) is 26.2 Å². The van der Waals surface area contributed by atoms with Crippen LogP contribution in [0.1, 0.15) is 56.1 Å². The number of amides is 1. The number of esters is 1. The molecule has 0 radical (unpaired) electrons. The van der Waals surface area contributed by atoms with Crippen LogP contribution in [0.5, 0.6) is 0 Å². The summed E-state index contributed by atoms with van der Waals surface area (Å²) in [7, 11) is 0. The minimum Gasteiger partial charge on any atom is -0.453 e. The molecule has 35 heavy (non-hydrogen) atoms. The molecule has 1 amide bonds. The van der Waals surface area contributed by atoms with Crippen LogP contribution in [0.15, 0.2) is 60.7 Å². The van der Waals surface area contributed by atoms with Gasteiger partial charge in [-0.3, -0.25) is 4.79 Å². The summed E-state index contributed by atoms with van der Waals surface area (Å²) in [6.07, 6.45) is 7.36. The van der Waals surface area contributed by atoms with Crippen LogP contribution >= 0.6 is 0 Å². The van der Waals surface area contributed by atoms with E-state index < -0.39 is 11.6 Å². The fourth-order valence-electron chi connectivity index (χ4n) is 6.39. The Hall–Kier alpha value is -2.70. The third-order valence-corrected chi connectivity index (χ3v) is 8.43. The molecule has 186 valence electrons. The first-order chi connectivity index (χ1) is 17.0. The van der Waals surface area contributed by atoms with Crippen molar-refractivity contribution in [1.82, 2.24) is 5.32 Å². The number of ether oxygens (including phenoxy) is 1. The maximum Gasteiger partial charge on any atom is 0.348 e. The number of nitrogens with zero attached hydrogens (tertiary/aromatic N) is 1. The Bertz CT molecular complexity index is 972. The monoisotopic (exact) mass is 477 g/mol. The lowest BCUT2D eigenvalue weighted by molar-refractivity contribution is -0.939. The first-order valence-electron chi connectivity index (χ1n) is 13.2. The summed E-state index contributed by atoms with van der Waals surface area (Å²) in [6.45, 7) is 2.96. The summed E-state index contributed by atoms with van der Waals surface area (Å²) in [6, 6.07) is 18.3. The summed E-state index contributed by atoms with van der Waals surface area (Å²) in [4.78, 5) is 26.6. The van der Waals surface area contributed by atoms with Crippen LogP contribution in [-0.2, 0) is 19.9 Å². The number of benzene rings is 2. The van der Waals surface area contributed by atoms with Gasteiger partial charge in [-0.15, -0.1) is 0 Å². The number of hydrogen-bond acceptors (Lipinski definition) is 4. The van der Waals surface area contributed by atoms with Gasteiger partial charge in [0.1, 0.15) is 6.54 Å². The van der Waals surface area contributed by atoms with Crippen molar-refractivity contribution in [3.63, 3.8) is 0 Å². The lowest BCUT2D eigenvalue weighted by Gasteiger charge is -2.52. The van der Waals surface area contributed by atoms with Gasteiger partial charge < -0.3 is 19.6 Å². The van der Waals surface area contributed by atoms with Crippen molar-refractivity contribution in [2.45, 2.75) is 62.7 Å². The van der Waals surface area contributed by atoms with Crippen LogP contribution in [-0.4, -0.2) is 59.8 Å². The Morgan fingerprint density at radius 3 is 2.03 bits per heavy atom. The molecule has 6 nitrogen and oxygen atoms in total. The van der Waals surface area contributed by atoms with Crippen molar-refractivity contribution >= 4 is 11.9 Å². The van der Waals surface area contributed by atoms with Gasteiger partial charge in [0.25, 0.3) is 5.91 Å². The van der Waals surface area contributed by atoms with Gasteiger partial charge in [0.05, 0.1) is 13.1 Å². The normalized spacial score (nSPS) is 26.8. The molecule has 4 aliphatic rings. The molecular weight excluding hydrogens is 440 g/mol. The molecule has 1 aliphatic carbocycles. The Morgan fingerprint density at radius 2 is 1.46 bits per heavy atom. The van der Waals surface area contributed by atoms with Gasteiger partial charge in [-0.05, 0) is 24.0 Å². The highest BCUT2D eigenvalue weighted by atomic mass is 16.6. The molecule has 0 spiro atoms. The highest BCUT2D eigenvalue weighted by molar-refractivity contribution is 5.85. The van der Waals surface area contributed by atoms with Crippen molar-refractivity contribution < 1.29 is 23.9 Å². The van der Waals surface area contributed by atoms with Gasteiger partial charge in [-0.2, -0.15) is 0 Å². The number of carbonyl (C=O) groups excluding carboxylic acids is 2. The van der Waals surface area contributed by atoms with Gasteiger partial charge in [0.2, 0.25) is 5.60 Å². The van der Waals surface area contributed by atoms with Crippen molar-refractivity contribution in [1.29, 1.82) is 0 Å². The fraction of sp³-hybridized carbons (Fsp3) is 0.517. The van der Waals surface area contributed by atoms with Crippen LogP contribution in [0.4, 0.5) is 0 Å². The number of piperidine rings is 3. The lowest BCUT2D eigenvalue weighted by Crippen LogP contribution is -2.67. The second-order valence-corrected chi connectivity index (χ2v) is 10.8. The Morgan fingerprint density at radius 1 is 0.886 bits per heavy atom. The Kier molecular flexibility index (Phi) is 6.94. The number of rotatable bonds is 7. The van der Waals surface area contributed by atoms with Crippen molar-refractivity contribution in [3.05, 3.63) is 71.8 Å². The SMILES string of the molecule is O=C(C[N+]12CCC(CC1)[C@@H](OC(=O)C(O)(c1ccccc1)c1ccccc1)C2)NC1CCCCC1. The third kappa shape index (κ3) is 5.00. The molecule has 6 rings (SSSR count). The van der Waals surface area contributed by atoms with Crippen LogP contribution < -0.4 is 5.32 Å². The number of nitrogens with one attached hydrogen (secondary N) is 1. The number of carbonyl (C=O) groups is 2. The molecule has 1 saturated carbocycles. The summed E-state index contributed by atoms with van der Waals surface area (Å²) in [5.41, 5.74) is -0.890. The van der Waals surface area contributed by atoms with Crippen LogP contribution in [0.25, 0.3) is 0 Å². The second-order valence-electron chi connectivity index (χ2n) is 10.8. The van der Waals surface area contributed by atoms with Gasteiger partial charge in [0.15, 0.2) is 12.6 Å². The van der Waals surface area contributed by atoms with Crippen molar-refractivity contribution in [3.8, 4) is 0 Å². The predicted octanol–water partition coefficient (Wildman–Crippen LogP) is 3.52. The quantitative estimate of drug-likeness (QED) is 0.473. The standard InChI is InChI=1S/C29H36N2O4/c32-27(30-25-14-8-3-9-15-25)21-31-18-16-22(17-19-31)26(20-31)35-28(33)29(34,23-10-4-1-5-11-23)24-12-6-2-7-13-24/h1-2,4-7,10-13,22,25-26,34H,3,8-9,14-21H2/p+1/t22?,26-,31?/m0/s1. The molecule has 0 unspecified atom stereocenters. The van der Waals surface area contributed by atoms with E-state index in [0.29, 0.717) is 34.7 Å². The van der Waals surface area contributed by atoms with E-state index in [0.717, 1.165) is 38.8 Å². The molecule has 2 aromatic carbocycles. The molecule has 2 aromatic rings. The van der Waals surface area contributed by atoms with E-state index in [4.69, 9.17) is 4.74 Å². The Balaban J connectivity index is 1.31. The van der Waals surface area contributed by atoms with E-state index in [1.165, 1.54) is 19.3 Å². The smallest absolute Gasteiger partial charge is 0.348 e. The molecular formula is C29H37N2O4+. The number of aliphatic hydroxyl groups is 1. The fourth-order valence-corrected chi connectivity index (χ4v) is 6.39. The van der Waals surface area contributed by atoms with E-state index in [1.54, 1.807) is 24.3 Å². The van der Waals surface area contributed by atoms with Crippen LogP contribution in [0, 0.1) is 5.92 Å². The second kappa shape index (κ2) is 10.1. The molecule has 6 heteroatoms. The van der Waals surface area contributed by atoms with E-state index >= 15 is 0 Å². The van der Waals surface area contributed by atoms with Crippen molar-refractivity contribution in [2.24, 2.45) is 5.92 Å². The Labute approximate surface area is 207 Å². The largest absolute Gasteiger partial charge is 0.453 e. The molecule has 2 N–H and O–H groups in total. The van der Waals surface area contributed by atoms with E-state index in [-0.39, 0.29) is 17.9 Å². The maximum atomic E-state index is 13.6. The third-order valence-electron chi connectivity index (χ3n) is 8.43. The van der Waals surface area contributed by atoms with E-state index in [2.05, 4.69) is 5.32 Å². The highest BCUT2D eigenvalue weighted by Crippen LogP contribution is 2.38. The highest BCUT2D eigenvalue weighted by Gasteiger charge is 2.51. The number of hydrogen-bond donors (Lipinski definition) is 2. The number of quaternary nitrogens is 1. The van der Waals surface area contributed by atoms with E-state index in [1.807, 2.05) is 36.4 Å². The zero-order valence-electron chi connectivity index (χ0n) is 20.4. The zero-order chi connectivity index (χ0) is 24.3. The average molecular weight is 478 g/mol. The maximum absolute atomic E-state index is 13.6. The summed E-state index contributed by atoms with van der Waals surface area (Å²) in [5.74, 6) is -0.248. The summed E-state index contributed by atoms with van der Waals surface area (Å²) < 4.78 is 6.79.